The maximum Gasteiger partial charge on any atom is 0.224 e. The van der Waals surface area contributed by atoms with Crippen LogP contribution in [0.5, 0.6) is 0 Å². The number of hydrogen-bond acceptors (Lipinski definition) is 10. The van der Waals surface area contributed by atoms with Gasteiger partial charge in [-0.3, -0.25) is 9.59 Å². The highest BCUT2D eigenvalue weighted by Crippen LogP contribution is 2.40. The Morgan fingerprint density at radius 1 is 0.922 bits per heavy atom. The Labute approximate surface area is 300 Å². The number of aryl methyl sites for hydroxylation is 1. The fourth-order valence-corrected chi connectivity index (χ4v) is 6.69. The number of aliphatic hydroxyl groups excluding tert-OH is 1. The van der Waals surface area contributed by atoms with E-state index in [1.54, 1.807) is 28.9 Å². The fourth-order valence-electron chi connectivity index (χ4n) is 5.82. The van der Waals surface area contributed by atoms with Crippen LogP contribution in [0.2, 0.25) is 0 Å². The highest BCUT2D eigenvalue weighted by atomic mass is 32.2. The zero-order valence-corrected chi connectivity index (χ0v) is 29.1. The summed E-state index contributed by atoms with van der Waals surface area (Å²) in [4.78, 5) is 25.0. The highest BCUT2D eigenvalue weighted by Gasteiger charge is 2.32. The summed E-state index contributed by atoms with van der Waals surface area (Å²) in [5.41, 5.74) is 12.7. The molecule has 6 rings (SSSR count). The SMILES string of the molecule is Cn1nnnc1SC[C@@H]1C[C@H](c2ccc(CO)cc2)O[C@H](c2ccc(-c3ccccc3CNC(=O)CCCC(=O)Nc3ccccc3N)cc2)O1. The summed E-state index contributed by atoms with van der Waals surface area (Å²) in [7, 11) is 1.81. The van der Waals surface area contributed by atoms with E-state index in [0.29, 0.717) is 41.7 Å². The maximum absolute atomic E-state index is 12.7. The van der Waals surface area contributed by atoms with E-state index in [9.17, 15) is 14.7 Å². The van der Waals surface area contributed by atoms with E-state index < -0.39 is 6.29 Å². The molecular formula is C38H41N7O5S. The molecule has 1 aliphatic rings. The quantitative estimate of drug-likeness (QED) is 0.0829. The first-order valence-electron chi connectivity index (χ1n) is 16.8. The summed E-state index contributed by atoms with van der Waals surface area (Å²) < 4.78 is 14.6. The molecule has 0 spiro atoms. The molecule has 0 bridgehead atoms. The van der Waals surface area contributed by atoms with Crippen LogP contribution in [0, 0.1) is 0 Å². The normalized spacial score (nSPS) is 17.2. The molecular weight excluding hydrogens is 667 g/mol. The predicted molar refractivity (Wildman–Crippen MR) is 195 cm³/mol. The molecule has 2 heterocycles. The first-order chi connectivity index (χ1) is 24.9. The van der Waals surface area contributed by atoms with Gasteiger partial charge in [-0.05, 0) is 56.8 Å². The number of thioether (sulfide) groups is 1. The number of aliphatic hydroxyl groups is 1. The molecule has 5 aromatic rings. The van der Waals surface area contributed by atoms with Crippen molar-refractivity contribution in [3.05, 3.63) is 119 Å². The van der Waals surface area contributed by atoms with Gasteiger partial charge in [0.25, 0.3) is 0 Å². The van der Waals surface area contributed by atoms with Gasteiger partial charge < -0.3 is 30.9 Å². The van der Waals surface area contributed by atoms with Crippen LogP contribution in [0.4, 0.5) is 11.4 Å². The molecule has 1 saturated heterocycles. The average molecular weight is 708 g/mol. The van der Waals surface area contributed by atoms with Crippen molar-refractivity contribution >= 4 is 35.0 Å². The van der Waals surface area contributed by atoms with Crippen molar-refractivity contribution in [3.63, 3.8) is 0 Å². The van der Waals surface area contributed by atoms with Crippen molar-refractivity contribution in [1.29, 1.82) is 0 Å². The van der Waals surface area contributed by atoms with E-state index in [4.69, 9.17) is 15.2 Å². The van der Waals surface area contributed by atoms with Crippen LogP contribution in [-0.4, -0.2) is 49.0 Å². The third-order valence-electron chi connectivity index (χ3n) is 8.62. The van der Waals surface area contributed by atoms with Gasteiger partial charge >= 0.3 is 0 Å². The molecule has 2 amide bonds. The molecule has 3 atom stereocenters. The Hall–Kier alpha value is -5.08. The molecule has 0 radical (unpaired) electrons. The van der Waals surface area contributed by atoms with E-state index in [0.717, 1.165) is 33.4 Å². The smallest absolute Gasteiger partial charge is 0.224 e. The van der Waals surface area contributed by atoms with Gasteiger partial charge in [-0.15, -0.1) is 5.10 Å². The van der Waals surface area contributed by atoms with E-state index in [1.807, 2.05) is 79.8 Å². The number of nitrogen functional groups attached to an aromatic ring is 1. The molecule has 0 aliphatic carbocycles. The van der Waals surface area contributed by atoms with Gasteiger partial charge in [0, 0.05) is 44.2 Å². The lowest BCUT2D eigenvalue weighted by Gasteiger charge is -2.36. The zero-order chi connectivity index (χ0) is 35.6. The molecule has 51 heavy (non-hydrogen) atoms. The fraction of sp³-hybridized carbons (Fsp3) is 0.289. The van der Waals surface area contributed by atoms with Gasteiger partial charge in [0.15, 0.2) is 6.29 Å². The van der Waals surface area contributed by atoms with Crippen molar-refractivity contribution in [2.75, 3.05) is 16.8 Å². The number of nitrogens with one attached hydrogen (secondary N) is 2. The van der Waals surface area contributed by atoms with Crippen molar-refractivity contribution in [2.45, 2.75) is 62.5 Å². The molecule has 0 unspecified atom stereocenters. The Morgan fingerprint density at radius 2 is 1.65 bits per heavy atom. The summed E-state index contributed by atoms with van der Waals surface area (Å²) in [5.74, 6) is 0.342. The highest BCUT2D eigenvalue weighted by molar-refractivity contribution is 7.99. The Balaban J connectivity index is 1.07. The Kier molecular flexibility index (Phi) is 12.1. The third-order valence-corrected chi connectivity index (χ3v) is 9.77. The number of nitrogens with zero attached hydrogens (tertiary/aromatic N) is 4. The van der Waals surface area contributed by atoms with Crippen LogP contribution < -0.4 is 16.4 Å². The minimum Gasteiger partial charge on any atom is -0.397 e. The number of hydrogen-bond donors (Lipinski definition) is 4. The number of tetrazole rings is 1. The molecule has 1 fully saturated rings. The first kappa shape index (κ1) is 35.7. The molecule has 12 nitrogen and oxygen atoms in total. The Morgan fingerprint density at radius 3 is 2.39 bits per heavy atom. The summed E-state index contributed by atoms with van der Waals surface area (Å²) >= 11 is 1.54. The topological polar surface area (TPSA) is 167 Å². The number of nitrogens with two attached hydrogens (primary N) is 1. The van der Waals surface area contributed by atoms with Crippen LogP contribution in [0.3, 0.4) is 0 Å². The van der Waals surface area contributed by atoms with Gasteiger partial charge in [0.2, 0.25) is 17.0 Å². The summed E-state index contributed by atoms with van der Waals surface area (Å²) in [6, 6.07) is 30.9. The Bertz CT molecular complexity index is 1920. The number of amides is 2. The predicted octanol–water partition coefficient (Wildman–Crippen LogP) is 5.71. The lowest BCUT2D eigenvalue weighted by Crippen LogP contribution is -2.31. The number of aromatic nitrogens is 4. The number of rotatable bonds is 14. The lowest BCUT2D eigenvalue weighted by molar-refractivity contribution is -0.245. The van der Waals surface area contributed by atoms with Crippen molar-refractivity contribution < 1.29 is 24.2 Å². The van der Waals surface area contributed by atoms with Crippen LogP contribution >= 0.6 is 11.8 Å². The minimum atomic E-state index is -0.597. The van der Waals surface area contributed by atoms with Crippen molar-refractivity contribution in [2.24, 2.45) is 7.05 Å². The lowest BCUT2D eigenvalue weighted by atomic mass is 9.97. The second-order valence-corrected chi connectivity index (χ2v) is 13.3. The standard InChI is InChI=1S/C38H41N7O5S/c1-45-38(42-43-44-45)51-24-30-21-34(27-15-13-25(23-46)14-16-27)50-37(49-30)28-19-17-26(18-20-28)31-8-3-2-7-29(31)22-40-35(47)11-6-12-36(48)41-33-10-5-4-9-32(33)39/h2-5,7-10,13-20,30,34,37,46H,6,11-12,21-24,39H2,1H3,(H,40,47)(H,41,48)/t30-,34+,37+/m0/s1. The van der Waals surface area contributed by atoms with Gasteiger partial charge in [-0.1, -0.05) is 96.7 Å². The van der Waals surface area contributed by atoms with E-state index in [2.05, 4.69) is 26.2 Å². The van der Waals surface area contributed by atoms with Crippen LogP contribution in [0.1, 0.15) is 60.3 Å². The summed E-state index contributed by atoms with van der Waals surface area (Å²) in [5, 5.41) is 27.8. The first-order valence-corrected chi connectivity index (χ1v) is 17.8. The second-order valence-electron chi connectivity index (χ2n) is 12.3. The number of benzene rings is 4. The number of anilines is 2. The number of carbonyl (C=O) groups is 2. The van der Waals surface area contributed by atoms with Gasteiger partial charge in [-0.25, -0.2) is 4.68 Å². The molecule has 0 saturated carbocycles. The van der Waals surface area contributed by atoms with E-state index in [1.165, 1.54) is 11.8 Å². The molecule has 4 aromatic carbocycles. The molecule has 1 aliphatic heterocycles. The van der Waals surface area contributed by atoms with Crippen LogP contribution in [-0.2, 0) is 39.3 Å². The van der Waals surface area contributed by atoms with Gasteiger partial charge in [0.1, 0.15) is 0 Å². The van der Waals surface area contributed by atoms with Gasteiger partial charge in [0.05, 0.1) is 30.2 Å². The van der Waals surface area contributed by atoms with Crippen molar-refractivity contribution in [3.8, 4) is 11.1 Å². The van der Waals surface area contributed by atoms with Crippen molar-refractivity contribution in [1.82, 2.24) is 25.5 Å². The number of carbonyl (C=O) groups excluding carboxylic acids is 2. The minimum absolute atomic E-state index is 0.0173. The largest absolute Gasteiger partial charge is 0.397 e. The van der Waals surface area contributed by atoms with E-state index >= 15 is 0 Å². The van der Waals surface area contributed by atoms with E-state index in [-0.39, 0.29) is 43.5 Å². The molecule has 264 valence electrons. The average Bonchev–Trinajstić information content (AvgIpc) is 3.58. The summed E-state index contributed by atoms with van der Waals surface area (Å²) in [6.07, 6.45) is 0.590. The molecule has 13 heteroatoms. The number of ether oxygens (including phenoxy) is 2. The van der Waals surface area contributed by atoms with Crippen LogP contribution in [0.15, 0.2) is 102 Å². The third kappa shape index (κ3) is 9.58. The molecule has 1 aromatic heterocycles. The van der Waals surface area contributed by atoms with Gasteiger partial charge in [-0.2, -0.15) is 0 Å². The monoisotopic (exact) mass is 707 g/mol. The van der Waals surface area contributed by atoms with Crippen LogP contribution in [0.25, 0.3) is 11.1 Å². The molecule has 5 N–H and O–H groups in total. The summed E-state index contributed by atoms with van der Waals surface area (Å²) in [6.45, 7) is 0.339. The second kappa shape index (κ2) is 17.2. The number of para-hydroxylation sites is 2. The zero-order valence-electron chi connectivity index (χ0n) is 28.3. The maximum atomic E-state index is 12.7.